The lowest BCUT2D eigenvalue weighted by Crippen LogP contribution is -2.27. The molecule has 0 aliphatic heterocycles. The Bertz CT molecular complexity index is 1040. The number of carbonyl (C=O) groups excluding carboxylic acids is 1. The normalized spacial score (nSPS) is 13.3. The van der Waals surface area contributed by atoms with Crippen LogP contribution in [0.25, 0.3) is 10.9 Å². The van der Waals surface area contributed by atoms with E-state index in [-0.39, 0.29) is 22.3 Å². The number of fused-ring (bicyclic) bond motifs is 1. The summed E-state index contributed by atoms with van der Waals surface area (Å²) in [6.45, 7) is 0.121. The molecular weight excluding hydrogens is 418 g/mol. The fourth-order valence-electron chi connectivity index (χ4n) is 2.61. The number of nitrogens with zero attached hydrogens (tertiary/aromatic N) is 2. The van der Waals surface area contributed by atoms with Gasteiger partial charge in [0.1, 0.15) is 5.75 Å². The number of pyridine rings is 1. The number of nitrogens with one attached hydrogen (secondary N) is 2. The van der Waals surface area contributed by atoms with E-state index in [1.54, 1.807) is 6.92 Å². The van der Waals surface area contributed by atoms with Crippen LogP contribution in [0.4, 0.5) is 26.3 Å². The van der Waals surface area contributed by atoms with E-state index in [4.69, 9.17) is 0 Å². The van der Waals surface area contributed by atoms with E-state index >= 15 is 0 Å². The van der Waals surface area contributed by atoms with Crippen molar-refractivity contribution < 1.29 is 35.9 Å². The van der Waals surface area contributed by atoms with Crippen LogP contribution in [0.15, 0.2) is 36.5 Å². The van der Waals surface area contributed by atoms with Crippen LogP contribution in [0.2, 0.25) is 0 Å². The van der Waals surface area contributed by atoms with E-state index in [9.17, 15) is 31.1 Å². The van der Waals surface area contributed by atoms with Crippen molar-refractivity contribution in [3.05, 3.63) is 53.5 Å². The molecule has 0 aliphatic rings. The number of alkyl halides is 6. The maximum absolute atomic E-state index is 12.8. The van der Waals surface area contributed by atoms with E-state index in [2.05, 4.69) is 25.2 Å². The van der Waals surface area contributed by atoms with E-state index < -0.39 is 36.5 Å². The first kappa shape index (κ1) is 21.4. The van der Waals surface area contributed by atoms with Crippen LogP contribution in [-0.2, 0) is 6.18 Å². The zero-order chi connectivity index (χ0) is 22.1. The van der Waals surface area contributed by atoms with E-state index in [0.717, 1.165) is 24.4 Å². The zero-order valence-electron chi connectivity index (χ0n) is 15.2. The fraction of sp³-hybridized carbons (Fsp3) is 0.278. The summed E-state index contributed by atoms with van der Waals surface area (Å²) in [4.78, 5) is 16.4. The predicted octanol–water partition coefficient (Wildman–Crippen LogP) is 4.41. The molecule has 30 heavy (non-hydrogen) atoms. The molecule has 0 fully saturated rings. The molecule has 0 spiro atoms. The third kappa shape index (κ3) is 4.99. The minimum Gasteiger partial charge on any atom is -0.483 e. The third-order valence-electron chi connectivity index (χ3n) is 4.06. The van der Waals surface area contributed by atoms with Crippen molar-refractivity contribution in [1.29, 1.82) is 0 Å². The number of halogens is 6. The second kappa shape index (κ2) is 7.84. The van der Waals surface area contributed by atoms with Crippen LogP contribution in [0.5, 0.6) is 5.75 Å². The van der Waals surface area contributed by atoms with E-state index in [1.807, 2.05) is 0 Å². The highest BCUT2D eigenvalue weighted by molar-refractivity contribution is 6.04. The minimum absolute atomic E-state index is 0.0481. The lowest BCUT2D eigenvalue weighted by atomic mass is 10.1. The van der Waals surface area contributed by atoms with Gasteiger partial charge >= 0.3 is 12.4 Å². The highest BCUT2D eigenvalue weighted by atomic mass is 19.4. The van der Waals surface area contributed by atoms with Crippen LogP contribution in [-0.4, -0.2) is 33.9 Å². The SMILES string of the molecule is CC(NC(=O)c1n[nH]c2cc(C(F)(F)F)ccc12)c1ccc(OCC(F)(F)F)cn1. The summed E-state index contributed by atoms with van der Waals surface area (Å²) < 4.78 is 79.4. The maximum atomic E-state index is 12.8. The Morgan fingerprint density at radius 3 is 2.50 bits per heavy atom. The Kier molecular flexibility index (Phi) is 5.59. The molecular formula is C18H14F6N4O2. The maximum Gasteiger partial charge on any atom is 0.422 e. The Balaban J connectivity index is 1.70. The van der Waals surface area contributed by atoms with Gasteiger partial charge in [0.2, 0.25) is 0 Å². The number of benzene rings is 1. The molecule has 1 atom stereocenters. The number of amides is 1. The minimum atomic E-state index is -4.53. The molecule has 1 aromatic carbocycles. The summed E-state index contributed by atoms with van der Waals surface area (Å²) in [7, 11) is 0. The largest absolute Gasteiger partial charge is 0.483 e. The molecule has 3 rings (SSSR count). The van der Waals surface area contributed by atoms with Gasteiger partial charge < -0.3 is 10.1 Å². The summed E-state index contributed by atoms with van der Waals surface area (Å²) in [5.41, 5.74) is -0.597. The van der Waals surface area contributed by atoms with E-state index in [0.29, 0.717) is 5.69 Å². The van der Waals surface area contributed by atoms with Crippen molar-refractivity contribution >= 4 is 16.8 Å². The molecule has 1 amide bonds. The topological polar surface area (TPSA) is 79.9 Å². The number of rotatable bonds is 5. The van der Waals surface area contributed by atoms with Crippen LogP contribution < -0.4 is 10.1 Å². The molecule has 2 aromatic heterocycles. The second-order valence-corrected chi connectivity index (χ2v) is 6.35. The van der Waals surface area contributed by atoms with Crippen LogP contribution in [0, 0.1) is 0 Å². The lowest BCUT2D eigenvalue weighted by molar-refractivity contribution is -0.153. The first-order valence-corrected chi connectivity index (χ1v) is 8.46. The van der Waals surface area contributed by atoms with Gasteiger partial charge in [0.15, 0.2) is 12.3 Å². The van der Waals surface area contributed by atoms with Crippen LogP contribution in [0.1, 0.15) is 34.7 Å². The number of hydrogen-bond acceptors (Lipinski definition) is 4. The van der Waals surface area contributed by atoms with Crippen molar-refractivity contribution in [3.8, 4) is 5.75 Å². The highest BCUT2D eigenvalue weighted by Crippen LogP contribution is 2.31. The number of carbonyl (C=O) groups is 1. The number of aromatic nitrogens is 3. The Morgan fingerprint density at radius 2 is 1.90 bits per heavy atom. The molecule has 160 valence electrons. The molecule has 0 radical (unpaired) electrons. The number of hydrogen-bond donors (Lipinski definition) is 2. The van der Waals surface area contributed by atoms with E-state index in [1.165, 1.54) is 12.1 Å². The molecule has 6 nitrogen and oxygen atoms in total. The molecule has 2 N–H and O–H groups in total. The van der Waals surface area contributed by atoms with Gasteiger partial charge in [0, 0.05) is 5.39 Å². The van der Waals surface area contributed by atoms with Gasteiger partial charge in [0.05, 0.1) is 29.0 Å². The quantitative estimate of drug-likeness (QED) is 0.586. The molecule has 3 aromatic rings. The van der Waals surface area contributed by atoms with Crippen molar-refractivity contribution in [3.63, 3.8) is 0 Å². The zero-order valence-corrected chi connectivity index (χ0v) is 15.2. The van der Waals surface area contributed by atoms with Crippen molar-refractivity contribution in [2.45, 2.75) is 25.3 Å². The van der Waals surface area contributed by atoms with Crippen LogP contribution in [0.3, 0.4) is 0 Å². The van der Waals surface area contributed by atoms with Crippen LogP contribution >= 0.6 is 0 Å². The number of aromatic amines is 1. The summed E-state index contributed by atoms with van der Waals surface area (Å²) >= 11 is 0. The first-order valence-electron chi connectivity index (χ1n) is 8.46. The monoisotopic (exact) mass is 432 g/mol. The van der Waals surface area contributed by atoms with Crippen molar-refractivity contribution in [2.75, 3.05) is 6.61 Å². The average Bonchev–Trinajstić information content (AvgIpc) is 3.09. The van der Waals surface area contributed by atoms with Gasteiger partial charge in [-0.05, 0) is 37.3 Å². The Hall–Kier alpha value is -3.31. The molecule has 0 aliphatic carbocycles. The first-order chi connectivity index (χ1) is 13.9. The van der Waals surface area contributed by atoms with Gasteiger partial charge in [-0.15, -0.1) is 0 Å². The molecule has 0 bridgehead atoms. The molecule has 0 saturated carbocycles. The Labute approximate surface area is 165 Å². The lowest BCUT2D eigenvalue weighted by Gasteiger charge is -2.14. The smallest absolute Gasteiger partial charge is 0.422 e. The summed E-state index contributed by atoms with van der Waals surface area (Å²) in [6.07, 6.45) is -7.92. The number of ether oxygens (including phenoxy) is 1. The standard InChI is InChI=1S/C18H14F6N4O2/c1-9(13-5-3-11(7-25-13)30-8-17(19,20)21)26-16(29)15-12-4-2-10(18(22,23)24)6-14(12)27-28-15/h2-7,9H,8H2,1H3,(H,26,29)(H,27,28). The number of H-pyrrole nitrogens is 1. The second-order valence-electron chi connectivity index (χ2n) is 6.35. The van der Waals surface area contributed by atoms with Gasteiger partial charge in [-0.2, -0.15) is 31.4 Å². The average molecular weight is 432 g/mol. The molecule has 12 heteroatoms. The summed E-state index contributed by atoms with van der Waals surface area (Å²) in [5.74, 6) is -0.749. The van der Waals surface area contributed by atoms with Gasteiger partial charge in [0.25, 0.3) is 5.91 Å². The summed E-state index contributed by atoms with van der Waals surface area (Å²) in [6, 6.07) is 4.85. The van der Waals surface area contributed by atoms with Gasteiger partial charge in [-0.1, -0.05) is 0 Å². The Morgan fingerprint density at radius 1 is 1.17 bits per heavy atom. The fourth-order valence-corrected chi connectivity index (χ4v) is 2.61. The van der Waals surface area contributed by atoms with Gasteiger partial charge in [-0.3, -0.25) is 14.9 Å². The summed E-state index contributed by atoms with van der Waals surface area (Å²) in [5, 5.41) is 8.96. The molecule has 0 saturated heterocycles. The van der Waals surface area contributed by atoms with Crippen molar-refractivity contribution in [1.82, 2.24) is 20.5 Å². The van der Waals surface area contributed by atoms with Gasteiger partial charge in [-0.25, -0.2) is 0 Å². The highest BCUT2D eigenvalue weighted by Gasteiger charge is 2.31. The predicted molar refractivity (Wildman–Crippen MR) is 92.8 cm³/mol. The molecule has 2 heterocycles. The third-order valence-corrected chi connectivity index (χ3v) is 4.06. The van der Waals surface area contributed by atoms with Crippen molar-refractivity contribution in [2.24, 2.45) is 0 Å². The molecule has 1 unspecified atom stereocenters.